The zero-order valence-corrected chi connectivity index (χ0v) is 16.8. The number of hydrogen-bond acceptors (Lipinski definition) is 5. The minimum Gasteiger partial charge on any atom is -0.423 e. The summed E-state index contributed by atoms with van der Waals surface area (Å²) in [4.78, 5) is 20.6. The van der Waals surface area contributed by atoms with Gasteiger partial charge in [0.1, 0.15) is 5.75 Å². The maximum absolute atomic E-state index is 12.4. The Bertz CT molecular complexity index is 996. The van der Waals surface area contributed by atoms with E-state index in [-0.39, 0.29) is 11.4 Å². The van der Waals surface area contributed by atoms with Gasteiger partial charge in [0.25, 0.3) is 0 Å². The van der Waals surface area contributed by atoms with Crippen LogP contribution in [0.3, 0.4) is 0 Å². The normalized spacial score (nSPS) is 11.1. The molecular weight excluding hydrogens is 372 g/mol. The summed E-state index contributed by atoms with van der Waals surface area (Å²) >= 11 is 1.34. The Morgan fingerprint density at radius 2 is 1.68 bits per heavy atom. The summed E-state index contributed by atoms with van der Waals surface area (Å²) in [6.07, 6.45) is 0. The van der Waals surface area contributed by atoms with Crippen molar-refractivity contribution >= 4 is 28.4 Å². The van der Waals surface area contributed by atoms with Crippen molar-refractivity contribution < 1.29 is 9.53 Å². The number of benzene rings is 2. The number of carbonyl (C=O) groups is 1. The van der Waals surface area contributed by atoms with Crippen molar-refractivity contribution in [1.82, 2.24) is 4.98 Å². The second-order valence-corrected chi connectivity index (χ2v) is 8.13. The topological polar surface area (TPSA) is 104 Å². The fourth-order valence-electron chi connectivity index (χ4n) is 2.52. The van der Waals surface area contributed by atoms with E-state index in [0.717, 1.165) is 16.8 Å². The first kappa shape index (κ1) is 19.6. The fraction of sp³-hybridized carbons (Fsp3) is 0.190. The number of nitrogens with two attached hydrogens (primary N) is 2. The number of guanidine groups is 1. The molecule has 2 aromatic carbocycles. The molecule has 0 bridgehead atoms. The third-order valence-electron chi connectivity index (χ3n) is 4.06. The average Bonchev–Trinajstić information content (AvgIpc) is 3.09. The van der Waals surface area contributed by atoms with Gasteiger partial charge in [-0.2, -0.15) is 4.99 Å². The van der Waals surface area contributed by atoms with Crippen LogP contribution in [0.25, 0.3) is 11.3 Å². The summed E-state index contributed by atoms with van der Waals surface area (Å²) in [5, 5.41) is 2.35. The molecule has 7 heteroatoms. The van der Waals surface area contributed by atoms with E-state index in [1.54, 1.807) is 24.3 Å². The van der Waals surface area contributed by atoms with Crippen LogP contribution in [0.4, 0.5) is 5.13 Å². The molecule has 1 heterocycles. The second kappa shape index (κ2) is 7.82. The highest BCUT2D eigenvalue weighted by atomic mass is 32.1. The van der Waals surface area contributed by atoms with E-state index < -0.39 is 5.97 Å². The zero-order chi connectivity index (χ0) is 20.3. The number of ether oxygens (including phenoxy) is 1. The predicted octanol–water partition coefficient (Wildman–Crippen LogP) is 4.23. The lowest BCUT2D eigenvalue weighted by molar-refractivity contribution is 0.0734. The minimum atomic E-state index is -0.392. The summed E-state index contributed by atoms with van der Waals surface area (Å²) < 4.78 is 5.46. The van der Waals surface area contributed by atoms with Crippen LogP contribution in [0.2, 0.25) is 0 Å². The molecule has 0 spiro atoms. The summed E-state index contributed by atoms with van der Waals surface area (Å²) in [6.45, 7) is 6.39. The molecule has 0 aliphatic carbocycles. The number of hydrogen-bond donors (Lipinski definition) is 2. The van der Waals surface area contributed by atoms with Crippen LogP contribution in [0.15, 0.2) is 58.9 Å². The van der Waals surface area contributed by atoms with E-state index in [1.165, 1.54) is 11.3 Å². The largest absolute Gasteiger partial charge is 0.423 e. The lowest BCUT2D eigenvalue weighted by Gasteiger charge is -2.18. The van der Waals surface area contributed by atoms with E-state index in [9.17, 15) is 4.79 Å². The number of carbonyl (C=O) groups excluding carboxylic acids is 1. The van der Waals surface area contributed by atoms with Gasteiger partial charge in [0.05, 0.1) is 11.3 Å². The van der Waals surface area contributed by atoms with E-state index in [1.807, 2.05) is 29.6 Å². The second-order valence-electron chi connectivity index (χ2n) is 7.29. The van der Waals surface area contributed by atoms with Gasteiger partial charge in [-0.25, -0.2) is 9.78 Å². The number of aromatic nitrogens is 1. The van der Waals surface area contributed by atoms with Gasteiger partial charge in [-0.3, -0.25) is 0 Å². The van der Waals surface area contributed by atoms with Crippen molar-refractivity contribution in [3.63, 3.8) is 0 Å². The number of esters is 1. The minimum absolute atomic E-state index is 0.0290. The predicted molar refractivity (Wildman–Crippen MR) is 113 cm³/mol. The molecule has 1 aromatic heterocycles. The van der Waals surface area contributed by atoms with Gasteiger partial charge in [0, 0.05) is 10.9 Å². The average molecular weight is 395 g/mol. The molecule has 28 heavy (non-hydrogen) atoms. The third-order valence-corrected chi connectivity index (χ3v) is 4.80. The first-order valence-corrected chi connectivity index (χ1v) is 9.59. The van der Waals surface area contributed by atoms with Crippen LogP contribution in [-0.4, -0.2) is 16.9 Å². The molecule has 0 aliphatic rings. The highest BCUT2D eigenvalue weighted by Crippen LogP contribution is 2.28. The molecular formula is C21H22N4O2S. The van der Waals surface area contributed by atoms with E-state index >= 15 is 0 Å². The molecule has 0 atom stereocenters. The first-order chi connectivity index (χ1) is 13.2. The van der Waals surface area contributed by atoms with Gasteiger partial charge in [-0.05, 0) is 47.4 Å². The van der Waals surface area contributed by atoms with E-state index in [0.29, 0.717) is 16.4 Å². The van der Waals surface area contributed by atoms with Crippen LogP contribution in [0.5, 0.6) is 5.75 Å². The van der Waals surface area contributed by atoms with Crippen molar-refractivity contribution in [2.75, 3.05) is 0 Å². The summed E-state index contributed by atoms with van der Waals surface area (Å²) in [5.74, 6) is 0.0453. The van der Waals surface area contributed by atoms with Crippen molar-refractivity contribution in [2.24, 2.45) is 16.5 Å². The van der Waals surface area contributed by atoms with Crippen LogP contribution in [-0.2, 0) is 5.41 Å². The van der Waals surface area contributed by atoms with Gasteiger partial charge in [-0.15, -0.1) is 11.3 Å². The zero-order valence-electron chi connectivity index (χ0n) is 16.0. The van der Waals surface area contributed by atoms with Gasteiger partial charge in [-0.1, -0.05) is 32.9 Å². The van der Waals surface area contributed by atoms with Gasteiger partial charge in [0.15, 0.2) is 5.96 Å². The Morgan fingerprint density at radius 3 is 2.25 bits per heavy atom. The molecule has 6 nitrogen and oxygen atoms in total. The lowest BCUT2D eigenvalue weighted by Crippen LogP contribution is -2.21. The maximum atomic E-state index is 12.4. The number of rotatable bonds is 4. The third kappa shape index (κ3) is 4.75. The molecule has 0 aliphatic heterocycles. The summed E-state index contributed by atoms with van der Waals surface area (Å²) in [5.41, 5.74) is 14.1. The molecule has 3 aromatic rings. The highest BCUT2D eigenvalue weighted by Gasteiger charge is 2.15. The van der Waals surface area contributed by atoms with E-state index in [4.69, 9.17) is 16.2 Å². The van der Waals surface area contributed by atoms with Gasteiger partial charge >= 0.3 is 5.97 Å². The van der Waals surface area contributed by atoms with Crippen molar-refractivity contribution in [2.45, 2.75) is 26.2 Å². The Labute approximate surface area is 167 Å². The number of aliphatic imine (C=N–C) groups is 1. The van der Waals surface area contributed by atoms with Crippen molar-refractivity contribution in [3.05, 3.63) is 65.0 Å². The molecule has 0 unspecified atom stereocenters. The molecule has 0 radical (unpaired) electrons. The quantitative estimate of drug-likeness (QED) is 0.298. The number of nitrogens with zero attached hydrogens (tertiary/aromatic N) is 2. The van der Waals surface area contributed by atoms with Gasteiger partial charge in [0.2, 0.25) is 5.13 Å². The molecule has 3 rings (SSSR count). The molecule has 0 saturated carbocycles. The Kier molecular flexibility index (Phi) is 5.46. The Hall–Kier alpha value is -3.19. The smallest absolute Gasteiger partial charge is 0.343 e. The molecule has 144 valence electrons. The molecule has 0 amide bonds. The monoisotopic (exact) mass is 394 g/mol. The Balaban J connectivity index is 1.69. The fourth-order valence-corrected chi connectivity index (χ4v) is 3.24. The molecule has 0 fully saturated rings. The molecule has 4 N–H and O–H groups in total. The highest BCUT2D eigenvalue weighted by molar-refractivity contribution is 7.13. The SMILES string of the molecule is CC(C)(C)c1ccc(C(=O)Oc2ccc(-c3csc(N=C(N)N)n3)cc2)cc1. The summed E-state index contributed by atoms with van der Waals surface area (Å²) in [7, 11) is 0. The van der Waals surface area contributed by atoms with Crippen LogP contribution < -0.4 is 16.2 Å². The van der Waals surface area contributed by atoms with Crippen LogP contribution in [0.1, 0.15) is 36.7 Å². The van der Waals surface area contributed by atoms with Crippen LogP contribution >= 0.6 is 11.3 Å². The number of thiazole rings is 1. The first-order valence-electron chi connectivity index (χ1n) is 8.71. The lowest BCUT2D eigenvalue weighted by atomic mass is 9.87. The Morgan fingerprint density at radius 1 is 1.04 bits per heavy atom. The summed E-state index contributed by atoms with van der Waals surface area (Å²) in [6, 6.07) is 14.6. The standard InChI is InChI=1S/C21H22N4O2S/c1-21(2,3)15-8-4-14(5-9-15)18(26)27-16-10-6-13(7-11-16)17-12-28-20(24-17)25-19(22)23/h4-12H,1-3H3,(H4,22,23,24,25). The van der Waals surface area contributed by atoms with Gasteiger partial charge < -0.3 is 16.2 Å². The van der Waals surface area contributed by atoms with E-state index in [2.05, 4.69) is 30.7 Å². The van der Waals surface area contributed by atoms with Crippen LogP contribution in [0, 0.1) is 0 Å². The van der Waals surface area contributed by atoms with Crippen molar-refractivity contribution in [3.8, 4) is 17.0 Å². The van der Waals surface area contributed by atoms with Crippen molar-refractivity contribution in [1.29, 1.82) is 0 Å². The maximum Gasteiger partial charge on any atom is 0.343 e. The molecule has 0 saturated heterocycles.